The maximum atomic E-state index is 6.05. The standard InChI is InChI=1S/C12H7ClN2OS/c13-9-3-1-2-7-4-10(16-11(7)9)8-5-14-6-15-12(8)17/h1-6H,(H,14,15,17). The summed E-state index contributed by atoms with van der Waals surface area (Å²) in [6, 6.07) is 7.52. The molecule has 3 nitrogen and oxygen atoms in total. The molecule has 3 aromatic rings. The van der Waals surface area contributed by atoms with Crippen molar-refractivity contribution in [2.75, 3.05) is 0 Å². The van der Waals surface area contributed by atoms with Crippen molar-refractivity contribution >= 4 is 34.8 Å². The van der Waals surface area contributed by atoms with Gasteiger partial charge in [0.25, 0.3) is 0 Å². The molecular weight excluding hydrogens is 256 g/mol. The van der Waals surface area contributed by atoms with Crippen LogP contribution in [0.2, 0.25) is 5.02 Å². The summed E-state index contributed by atoms with van der Waals surface area (Å²) in [5.41, 5.74) is 1.43. The van der Waals surface area contributed by atoms with Gasteiger partial charge in [-0.05, 0) is 12.1 Å². The van der Waals surface area contributed by atoms with Gasteiger partial charge in [0, 0.05) is 11.6 Å². The Morgan fingerprint density at radius 3 is 3.00 bits per heavy atom. The van der Waals surface area contributed by atoms with E-state index in [0.29, 0.717) is 21.0 Å². The van der Waals surface area contributed by atoms with E-state index in [0.717, 1.165) is 10.9 Å². The fraction of sp³-hybridized carbons (Fsp3) is 0. The molecule has 0 amide bonds. The first kappa shape index (κ1) is 10.5. The van der Waals surface area contributed by atoms with Crippen molar-refractivity contribution < 1.29 is 4.42 Å². The Kier molecular flexibility index (Phi) is 2.46. The lowest BCUT2D eigenvalue weighted by molar-refractivity contribution is 0.630. The number of rotatable bonds is 1. The highest BCUT2D eigenvalue weighted by atomic mass is 35.5. The lowest BCUT2D eigenvalue weighted by Crippen LogP contribution is -1.82. The molecule has 0 spiro atoms. The van der Waals surface area contributed by atoms with Crippen LogP contribution < -0.4 is 0 Å². The van der Waals surface area contributed by atoms with Gasteiger partial charge in [0.1, 0.15) is 10.4 Å². The Hall–Kier alpha value is -1.65. The summed E-state index contributed by atoms with van der Waals surface area (Å²) in [7, 11) is 0. The number of furan rings is 1. The number of H-pyrrole nitrogens is 1. The first-order chi connectivity index (χ1) is 8.25. The normalized spacial score (nSPS) is 10.9. The van der Waals surface area contributed by atoms with Crippen LogP contribution in [0.15, 0.2) is 41.2 Å². The summed E-state index contributed by atoms with van der Waals surface area (Å²) in [6.45, 7) is 0. The van der Waals surface area contributed by atoms with Gasteiger partial charge in [0.2, 0.25) is 0 Å². The molecule has 84 valence electrons. The zero-order chi connectivity index (χ0) is 11.8. The Morgan fingerprint density at radius 1 is 1.35 bits per heavy atom. The molecule has 2 aromatic heterocycles. The van der Waals surface area contributed by atoms with Gasteiger partial charge in [-0.2, -0.15) is 0 Å². The van der Waals surface area contributed by atoms with Crippen LogP contribution in [0.3, 0.4) is 0 Å². The van der Waals surface area contributed by atoms with Gasteiger partial charge in [-0.15, -0.1) is 0 Å². The number of para-hydroxylation sites is 1. The van der Waals surface area contributed by atoms with Crippen LogP contribution in [0, 0.1) is 4.64 Å². The number of nitrogens with zero attached hydrogens (tertiary/aromatic N) is 1. The highest BCUT2D eigenvalue weighted by molar-refractivity contribution is 7.71. The number of aromatic nitrogens is 2. The molecule has 0 atom stereocenters. The molecule has 5 heteroatoms. The van der Waals surface area contributed by atoms with Gasteiger partial charge >= 0.3 is 0 Å². The molecule has 1 N–H and O–H groups in total. The van der Waals surface area contributed by atoms with Crippen LogP contribution >= 0.6 is 23.8 Å². The molecule has 0 radical (unpaired) electrons. The minimum absolute atomic E-state index is 0.590. The fourth-order valence-corrected chi connectivity index (χ4v) is 2.11. The van der Waals surface area contributed by atoms with E-state index in [1.807, 2.05) is 18.2 Å². The molecule has 1 aromatic carbocycles. The monoisotopic (exact) mass is 262 g/mol. The van der Waals surface area contributed by atoms with Crippen molar-refractivity contribution in [2.24, 2.45) is 0 Å². The summed E-state index contributed by atoms with van der Waals surface area (Å²) >= 11 is 11.2. The Bertz CT molecular complexity index is 747. The molecular formula is C12H7ClN2OS. The zero-order valence-corrected chi connectivity index (χ0v) is 10.2. The van der Waals surface area contributed by atoms with E-state index in [2.05, 4.69) is 9.97 Å². The summed E-state index contributed by atoms with van der Waals surface area (Å²) in [5.74, 6) is 0.669. The van der Waals surface area contributed by atoms with Crippen molar-refractivity contribution in [2.45, 2.75) is 0 Å². The molecule has 17 heavy (non-hydrogen) atoms. The summed E-state index contributed by atoms with van der Waals surface area (Å²) in [5, 5.41) is 1.54. The third-order valence-electron chi connectivity index (χ3n) is 2.48. The van der Waals surface area contributed by atoms with E-state index in [1.54, 1.807) is 18.6 Å². The maximum absolute atomic E-state index is 6.05. The number of benzene rings is 1. The molecule has 0 aliphatic rings. The average molecular weight is 263 g/mol. The van der Waals surface area contributed by atoms with Crippen molar-refractivity contribution in [3.05, 3.63) is 46.5 Å². The van der Waals surface area contributed by atoms with E-state index < -0.39 is 0 Å². The largest absolute Gasteiger partial charge is 0.454 e. The second kappa shape index (κ2) is 3.98. The van der Waals surface area contributed by atoms with Gasteiger partial charge < -0.3 is 9.40 Å². The first-order valence-electron chi connectivity index (χ1n) is 4.97. The van der Waals surface area contributed by atoms with Gasteiger partial charge in [0.05, 0.1) is 16.9 Å². The first-order valence-corrected chi connectivity index (χ1v) is 5.75. The fourth-order valence-electron chi connectivity index (χ4n) is 1.68. The average Bonchev–Trinajstić information content (AvgIpc) is 2.75. The number of hydrogen-bond acceptors (Lipinski definition) is 3. The molecule has 0 fully saturated rings. The molecule has 0 bridgehead atoms. The van der Waals surface area contributed by atoms with Gasteiger partial charge in [-0.1, -0.05) is 36.0 Å². The number of halogens is 1. The summed E-state index contributed by atoms with van der Waals surface area (Å²) < 4.78 is 6.30. The summed E-state index contributed by atoms with van der Waals surface area (Å²) in [4.78, 5) is 6.87. The van der Waals surface area contributed by atoms with Crippen LogP contribution in [0.1, 0.15) is 0 Å². The van der Waals surface area contributed by atoms with Gasteiger partial charge in [-0.3, -0.25) is 0 Å². The lowest BCUT2D eigenvalue weighted by Gasteiger charge is -1.94. The van der Waals surface area contributed by atoms with E-state index in [1.165, 1.54) is 0 Å². The van der Waals surface area contributed by atoms with Crippen molar-refractivity contribution in [1.29, 1.82) is 0 Å². The second-order valence-electron chi connectivity index (χ2n) is 3.56. The maximum Gasteiger partial charge on any atom is 0.153 e. The van der Waals surface area contributed by atoms with Crippen molar-refractivity contribution in [3.63, 3.8) is 0 Å². The smallest absolute Gasteiger partial charge is 0.153 e. The Morgan fingerprint density at radius 2 is 2.24 bits per heavy atom. The SMILES string of the molecule is S=c1[nH]cncc1-c1cc2cccc(Cl)c2o1. The van der Waals surface area contributed by atoms with E-state index in [-0.39, 0.29) is 0 Å². The predicted molar refractivity (Wildman–Crippen MR) is 69.6 cm³/mol. The molecule has 0 saturated carbocycles. The quantitative estimate of drug-likeness (QED) is 0.668. The third kappa shape index (κ3) is 1.75. The molecule has 2 heterocycles. The predicted octanol–water partition coefficient (Wildman–Crippen LogP) is 4.21. The van der Waals surface area contributed by atoms with Crippen LogP contribution in [0.4, 0.5) is 0 Å². The number of hydrogen-bond donors (Lipinski definition) is 1. The van der Waals surface area contributed by atoms with Crippen LogP contribution in [0.5, 0.6) is 0 Å². The molecule has 0 aliphatic carbocycles. The van der Waals surface area contributed by atoms with Crippen LogP contribution in [-0.2, 0) is 0 Å². The van der Waals surface area contributed by atoms with E-state index >= 15 is 0 Å². The zero-order valence-electron chi connectivity index (χ0n) is 8.61. The topological polar surface area (TPSA) is 41.8 Å². The highest BCUT2D eigenvalue weighted by Crippen LogP contribution is 2.31. The van der Waals surface area contributed by atoms with Gasteiger partial charge in [-0.25, -0.2) is 4.98 Å². The second-order valence-corrected chi connectivity index (χ2v) is 4.38. The minimum Gasteiger partial charge on any atom is -0.454 e. The molecule has 3 rings (SSSR count). The van der Waals surface area contributed by atoms with Crippen molar-refractivity contribution in [3.8, 4) is 11.3 Å². The van der Waals surface area contributed by atoms with E-state index in [9.17, 15) is 0 Å². The third-order valence-corrected chi connectivity index (χ3v) is 3.12. The Balaban J connectivity index is 2.30. The highest BCUT2D eigenvalue weighted by Gasteiger charge is 2.09. The molecule has 0 saturated heterocycles. The minimum atomic E-state index is 0.590. The van der Waals surface area contributed by atoms with Crippen molar-refractivity contribution in [1.82, 2.24) is 9.97 Å². The Labute approximate surface area is 107 Å². The number of aromatic amines is 1. The lowest BCUT2D eigenvalue weighted by atomic mass is 10.2. The number of fused-ring (bicyclic) bond motifs is 1. The van der Waals surface area contributed by atoms with Crippen LogP contribution in [-0.4, -0.2) is 9.97 Å². The van der Waals surface area contributed by atoms with Crippen LogP contribution in [0.25, 0.3) is 22.3 Å². The molecule has 0 unspecified atom stereocenters. The van der Waals surface area contributed by atoms with Gasteiger partial charge in [0.15, 0.2) is 5.58 Å². The number of nitrogens with one attached hydrogen (secondary N) is 1. The van der Waals surface area contributed by atoms with E-state index in [4.69, 9.17) is 28.2 Å². The summed E-state index contributed by atoms with van der Waals surface area (Å²) in [6.07, 6.45) is 3.21. The molecule has 0 aliphatic heterocycles.